The minimum atomic E-state index is -0.142. The van der Waals surface area contributed by atoms with Gasteiger partial charge in [-0.15, -0.1) is 0 Å². The quantitative estimate of drug-likeness (QED) is 0.754. The maximum atomic E-state index is 12.4. The summed E-state index contributed by atoms with van der Waals surface area (Å²) in [5, 5.41) is 2.83. The summed E-state index contributed by atoms with van der Waals surface area (Å²) in [6.07, 6.45) is 6.29. The van der Waals surface area contributed by atoms with Gasteiger partial charge in [-0.2, -0.15) is 0 Å². The number of carbonyl (C=O) groups excluding carboxylic acids is 1. The number of rotatable bonds is 2. The van der Waals surface area contributed by atoms with Crippen LogP contribution in [0, 0.1) is 0 Å². The number of aromatic nitrogens is 2. The molecule has 0 saturated carbocycles. The van der Waals surface area contributed by atoms with Crippen molar-refractivity contribution < 1.29 is 4.79 Å². The van der Waals surface area contributed by atoms with Crippen LogP contribution in [-0.4, -0.2) is 15.9 Å². The predicted molar refractivity (Wildman–Crippen MR) is 87.8 cm³/mol. The summed E-state index contributed by atoms with van der Waals surface area (Å²) in [5.74, 6) is 0.334. The van der Waals surface area contributed by atoms with E-state index in [0.29, 0.717) is 11.5 Å². The molecule has 4 nitrogen and oxygen atoms in total. The van der Waals surface area contributed by atoms with Crippen LogP contribution in [-0.2, 0) is 6.42 Å². The number of anilines is 1. The van der Waals surface area contributed by atoms with Crippen LogP contribution in [0.3, 0.4) is 0 Å². The zero-order chi connectivity index (χ0) is 14.9. The molecule has 0 aliphatic heterocycles. The van der Waals surface area contributed by atoms with E-state index in [0.717, 1.165) is 23.9 Å². The van der Waals surface area contributed by atoms with Crippen molar-refractivity contribution >= 4 is 29.0 Å². The summed E-state index contributed by atoms with van der Waals surface area (Å²) in [7, 11) is 0. The molecule has 1 amide bonds. The maximum absolute atomic E-state index is 12.4. The zero-order valence-electron chi connectivity index (χ0n) is 12.0. The highest BCUT2D eigenvalue weighted by atomic mass is 16.1. The minimum absolute atomic E-state index is 0.142. The van der Waals surface area contributed by atoms with E-state index in [1.165, 1.54) is 11.1 Å². The molecule has 0 radical (unpaired) electrons. The Morgan fingerprint density at radius 2 is 2.09 bits per heavy atom. The molecule has 3 aromatic rings. The second-order valence-electron chi connectivity index (χ2n) is 5.41. The number of nitrogens with one attached hydrogen (secondary N) is 2. The number of aryl methyl sites for hydroxylation is 1. The van der Waals surface area contributed by atoms with Crippen LogP contribution < -0.4 is 5.32 Å². The fourth-order valence-corrected chi connectivity index (χ4v) is 2.77. The van der Waals surface area contributed by atoms with Gasteiger partial charge in [0.05, 0.1) is 11.0 Å². The molecule has 1 aliphatic rings. The smallest absolute Gasteiger partial charge is 0.257 e. The van der Waals surface area contributed by atoms with Crippen molar-refractivity contribution in [3.8, 4) is 0 Å². The minimum Gasteiger partial charge on any atom is -0.324 e. The molecular formula is C18H15N3O. The molecule has 0 bridgehead atoms. The van der Waals surface area contributed by atoms with E-state index in [1.54, 1.807) is 0 Å². The molecule has 0 saturated heterocycles. The van der Waals surface area contributed by atoms with Gasteiger partial charge in [0, 0.05) is 5.56 Å². The molecule has 0 atom stereocenters. The molecule has 0 unspecified atom stereocenters. The average Bonchev–Trinajstić information content (AvgIpc) is 2.96. The molecule has 4 rings (SSSR count). The second-order valence-corrected chi connectivity index (χ2v) is 5.41. The van der Waals surface area contributed by atoms with Crippen molar-refractivity contribution in [3.63, 3.8) is 0 Å². The fraction of sp³-hybridized carbons (Fsp3) is 0.111. The Bertz CT molecular complexity index is 859. The Hall–Kier alpha value is -2.88. The number of H-pyrrole nitrogens is 1. The first kappa shape index (κ1) is 12.8. The fourth-order valence-electron chi connectivity index (χ4n) is 2.77. The molecule has 4 heteroatoms. The van der Waals surface area contributed by atoms with Crippen LogP contribution in [0.2, 0.25) is 0 Å². The molecule has 22 heavy (non-hydrogen) atoms. The third kappa shape index (κ3) is 2.29. The molecule has 0 spiro atoms. The number of aromatic amines is 1. The topological polar surface area (TPSA) is 57.8 Å². The van der Waals surface area contributed by atoms with Crippen LogP contribution in [0.15, 0.2) is 48.5 Å². The highest BCUT2D eigenvalue weighted by Gasteiger charge is 2.12. The number of hydrogen-bond acceptors (Lipinski definition) is 2. The number of para-hydroxylation sites is 2. The van der Waals surface area contributed by atoms with Crippen molar-refractivity contribution in [2.45, 2.75) is 12.8 Å². The largest absolute Gasteiger partial charge is 0.324 e. The van der Waals surface area contributed by atoms with Gasteiger partial charge in [-0.1, -0.05) is 30.4 Å². The third-order valence-electron chi connectivity index (χ3n) is 3.90. The van der Waals surface area contributed by atoms with Crippen LogP contribution in [0.4, 0.5) is 5.95 Å². The van der Waals surface area contributed by atoms with Gasteiger partial charge in [0.2, 0.25) is 5.95 Å². The monoisotopic (exact) mass is 289 g/mol. The Morgan fingerprint density at radius 3 is 3.00 bits per heavy atom. The van der Waals surface area contributed by atoms with Gasteiger partial charge in [-0.3, -0.25) is 10.1 Å². The molecule has 2 aromatic carbocycles. The Labute approximate surface area is 127 Å². The number of benzene rings is 2. The van der Waals surface area contributed by atoms with Gasteiger partial charge in [-0.05, 0) is 48.2 Å². The van der Waals surface area contributed by atoms with E-state index in [1.807, 2.05) is 42.5 Å². The Morgan fingerprint density at radius 1 is 1.18 bits per heavy atom. The number of amides is 1. The van der Waals surface area contributed by atoms with Gasteiger partial charge in [0.15, 0.2) is 0 Å². The van der Waals surface area contributed by atoms with Gasteiger partial charge >= 0.3 is 0 Å². The Balaban J connectivity index is 1.60. The summed E-state index contributed by atoms with van der Waals surface area (Å²) in [6.45, 7) is 0. The lowest BCUT2D eigenvalue weighted by Gasteiger charge is -2.11. The standard InChI is InChI=1S/C18H15N3O/c22-17(14-10-9-12-5-1-2-6-13(12)11-14)21-18-19-15-7-3-4-8-16(15)20-18/h1,3-5,7-11H,2,6H2,(H2,19,20,21,22). The number of hydrogen-bond donors (Lipinski definition) is 2. The molecule has 0 fully saturated rings. The summed E-state index contributed by atoms with van der Waals surface area (Å²) in [6, 6.07) is 13.5. The van der Waals surface area contributed by atoms with Gasteiger partial charge in [-0.25, -0.2) is 4.98 Å². The number of nitrogens with zero attached hydrogens (tertiary/aromatic N) is 1. The van der Waals surface area contributed by atoms with Gasteiger partial charge < -0.3 is 4.98 Å². The first-order valence-corrected chi connectivity index (χ1v) is 7.35. The lowest BCUT2D eigenvalue weighted by atomic mass is 9.95. The lowest BCUT2D eigenvalue weighted by Crippen LogP contribution is -2.13. The van der Waals surface area contributed by atoms with Crippen LogP contribution >= 0.6 is 0 Å². The van der Waals surface area contributed by atoms with E-state index in [2.05, 4.69) is 27.4 Å². The van der Waals surface area contributed by atoms with Crippen LogP contribution in [0.1, 0.15) is 27.9 Å². The van der Waals surface area contributed by atoms with Crippen molar-refractivity contribution in [3.05, 3.63) is 65.2 Å². The number of fused-ring (bicyclic) bond motifs is 2. The first-order chi connectivity index (χ1) is 10.8. The van der Waals surface area contributed by atoms with Crippen molar-refractivity contribution in [2.24, 2.45) is 0 Å². The molecule has 2 N–H and O–H groups in total. The number of imidazole rings is 1. The predicted octanol–water partition coefficient (Wildman–Crippen LogP) is 3.77. The van der Waals surface area contributed by atoms with E-state index < -0.39 is 0 Å². The van der Waals surface area contributed by atoms with E-state index in [-0.39, 0.29) is 5.91 Å². The lowest BCUT2D eigenvalue weighted by molar-refractivity contribution is 0.102. The number of carbonyl (C=O) groups is 1. The van der Waals surface area contributed by atoms with Crippen molar-refractivity contribution in [2.75, 3.05) is 5.32 Å². The third-order valence-corrected chi connectivity index (χ3v) is 3.90. The molecule has 1 aliphatic carbocycles. The highest BCUT2D eigenvalue weighted by Crippen LogP contribution is 2.21. The highest BCUT2D eigenvalue weighted by molar-refractivity contribution is 6.04. The second kappa shape index (κ2) is 5.15. The summed E-state index contributed by atoms with van der Waals surface area (Å²) in [4.78, 5) is 19.9. The van der Waals surface area contributed by atoms with E-state index in [9.17, 15) is 4.79 Å². The first-order valence-electron chi connectivity index (χ1n) is 7.35. The molecule has 108 valence electrons. The number of allylic oxidation sites excluding steroid dienone is 1. The van der Waals surface area contributed by atoms with Crippen LogP contribution in [0.25, 0.3) is 17.1 Å². The molecule has 1 aromatic heterocycles. The summed E-state index contributed by atoms with van der Waals surface area (Å²) >= 11 is 0. The SMILES string of the molecule is O=C(Nc1nc2ccccc2[nH]1)c1ccc2c(c1)CCC=C2. The Kier molecular flexibility index (Phi) is 3.00. The van der Waals surface area contributed by atoms with E-state index >= 15 is 0 Å². The van der Waals surface area contributed by atoms with Gasteiger partial charge in [0.1, 0.15) is 0 Å². The van der Waals surface area contributed by atoms with E-state index in [4.69, 9.17) is 0 Å². The zero-order valence-corrected chi connectivity index (χ0v) is 12.0. The van der Waals surface area contributed by atoms with Crippen LogP contribution in [0.5, 0.6) is 0 Å². The maximum Gasteiger partial charge on any atom is 0.257 e. The van der Waals surface area contributed by atoms with Crippen molar-refractivity contribution in [1.29, 1.82) is 0 Å². The summed E-state index contributed by atoms with van der Waals surface area (Å²) in [5.41, 5.74) is 4.84. The summed E-state index contributed by atoms with van der Waals surface area (Å²) < 4.78 is 0. The molecule has 1 heterocycles. The average molecular weight is 289 g/mol. The normalized spacial score (nSPS) is 13.1. The molecular weight excluding hydrogens is 274 g/mol. The van der Waals surface area contributed by atoms with Gasteiger partial charge in [0.25, 0.3) is 5.91 Å². The van der Waals surface area contributed by atoms with Crippen molar-refractivity contribution in [1.82, 2.24) is 9.97 Å².